The molecule has 0 saturated heterocycles. The second-order valence-electron chi connectivity index (χ2n) is 8.55. The number of carbonyl (C=O) groups is 2. The lowest BCUT2D eigenvalue weighted by Crippen LogP contribution is -2.46. The molecule has 0 radical (unpaired) electrons. The molecule has 2 N–H and O–H groups in total. The number of nitrogens with zero attached hydrogens (tertiary/aromatic N) is 3. The molecule has 32 heavy (non-hydrogen) atoms. The Morgan fingerprint density at radius 1 is 1.34 bits per heavy atom. The van der Waals surface area contributed by atoms with Crippen molar-refractivity contribution in [1.29, 1.82) is 0 Å². The maximum absolute atomic E-state index is 13.3. The first-order chi connectivity index (χ1) is 15.3. The summed E-state index contributed by atoms with van der Waals surface area (Å²) in [6.45, 7) is -0.500. The van der Waals surface area contributed by atoms with E-state index < -0.39 is 18.1 Å². The Morgan fingerprint density at radius 2 is 2.12 bits per heavy atom. The lowest BCUT2D eigenvalue weighted by Gasteiger charge is -2.34. The van der Waals surface area contributed by atoms with Gasteiger partial charge in [-0.3, -0.25) is 14.3 Å². The van der Waals surface area contributed by atoms with Crippen molar-refractivity contribution in [3.8, 4) is 0 Å². The SMILES string of the molecule is C[C@H]1Cn2ncc(C(=O)NC3(COC(F)F)CC3)c2CN1C(=O)c1cc2ccccc2[nH]1. The number of amides is 2. The average Bonchev–Trinajstić information content (AvgIpc) is 3.20. The Morgan fingerprint density at radius 3 is 2.84 bits per heavy atom. The maximum atomic E-state index is 13.3. The summed E-state index contributed by atoms with van der Waals surface area (Å²) in [6.07, 6.45) is 2.63. The topological polar surface area (TPSA) is 92.2 Å². The fourth-order valence-electron chi connectivity index (χ4n) is 4.19. The van der Waals surface area contributed by atoms with Crippen LogP contribution in [0.25, 0.3) is 10.9 Å². The molecule has 1 aromatic carbocycles. The number of para-hydroxylation sites is 1. The Labute approximate surface area is 182 Å². The lowest BCUT2D eigenvalue weighted by atomic mass is 10.1. The molecule has 1 aliphatic heterocycles. The number of fused-ring (bicyclic) bond motifs is 2. The van der Waals surface area contributed by atoms with Crippen LogP contribution in [0.3, 0.4) is 0 Å². The first-order valence-corrected chi connectivity index (χ1v) is 10.5. The predicted molar refractivity (Wildman–Crippen MR) is 111 cm³/mol. The monoisotopic (exact) mass is 443 g/mol. The van der Waals surface area contributed by atoms with E-state index in [0.29, 0.717) is 36.3 Å². The summed E-state index contributed by atoms with van der Waals surface area (Å²) >= 11 is 0. The second kappa shape index (κ2) is 7.70. The minimum Gasteiger partial charge on any atom is -0.351 e. The molecule has 8 nitrogen and oxygen atoms in total. The average molecular weight is 443 g/mol. The molecule has 1 saturated carbocycles. The number of alkyl halides is 2. The molecule has 0 unspecified atom stereocenters. The summed E-state index contributed by atoms with van der Waals surface area (Å²) in [4.78, 5) is 31.0. The molecule has 2 amide bonds. The van der Waals surface area contributed by atoms with Crippen LogP contribution in [-0.4, -0.2) is 56.3 Å². The van der Waals surface area contributed by atoms with E-state index in [1.54, 1.807) is 9.58 Å². The van der Waals surface area contributed by atoms with Crippen LogP contribution in [0.1, 0.15) is 46.3 Å². The molecule has 168 valence electrons. The highest BCUT2D eigenvalue weighted by atomic mass is 19.3. The zero-order valence-electron chi connectivity index (χ0n) is 17.5. The number of nitrogens with one attached hydrogen (secondary N) is 2. The summed E-state index contributed by atoms with van der Waals surface area (Å²) in [6, 6.07) is 9.37. The van der Waals surface area contributed by atoms with Crippen LogP contribution < -0.4 is 5.32 Å². The number of rotatable bonds is 6. The van der Waals surface area contributed by atoms with Gasteiger partial charge in [0.15, 0.2) is 0 Å². The number of ether oxygens (including phenoxy) is 1. The van der Waals surface area contributed by atoms with Crippen molar-refractivity contribution in [1.82, 2.24) is 25.0 Å². The molecule has 2 aliphatic rings. The van der Waals surface area contributed by atoms with Crippen LogP contribution in [0.5, 0.6) is 0 Å². The Hall–Kier alpha value is -3.27. The van der Waals surface area contributed by atoms with Gasteiger partial charge in [-0.2, -0.15) is 13.9 Å². The van der Waals surface area contributed by atoms with Gasteiger partial charge in [-0.05, 0) is 31.9 Å². The van der Waals surface area contributed by atoms with E-state index in [0.717, 1.165) is 10.9 Å². The van der Waals surface area contributed by atoms with E-state index >= 15 is 0 Å². The number of hydrogen-bond donors (Lipinski definition) is 2. The number of aromatic amines is 1. The molecule has 1 fully saturated rings. The van der Waals surface area contributed by atoms with Crippen LogP contribution in [0.2, 0.25) is 0 Å². The van der Waals surface area contributed by atoms with Crippen molar-refractivity contribution in [2.24, 2.45) is 0 Å². The standard InChI is InChI=1S/C22H23F2N5O3/c1-13-10-29-18(11-28(13)20(31)17-8-14-4-2-3-5-16(14)26-17)15(9-25-29)19(30)27-22(6-7-22)12-32-21(23)24/h2-5,8-9,13,21,26H,6-7,10-12H2,1H3,(H,27,30)/t13-/m0/s1. The number of H-pyrrole nitrogens is 1. The zero-order valence-corrected chi connectivity index (χ0v) is 17.5. The molecule has 2 aromatic heterocycles. The van der Waals surface area contributed by atoms with Gasteiger partial charge < -0.3 is 19.9 Å². The first-order valence-electron chi connectivity index (χ1n) is 10.5. The molecule has 0 spiro atoms. The Kier molecular flexibility index (Phi) is 4.96. The van der Waals surface area contributed by atoms with E-state index in [1.165, 1.54) is 6.20 Å². The van der Waals surface area contributed by atoms with Crippen molar-refractivity contribution in [2.45, 2.75) is 51.0 Å². The van der Waals surface area contributed by atoms with Crippen molar-refractivity contribution >= 4 is 22.7 Å². The van der Waals surface area contributed by atoms with E-state index in [-0.39, 0.29) is 25.1 Å². The molecule has 1 atom stereocenters. The quantitative estimate of drug-likeness (QED) is 0.613. The van der Waals surface area contributed by atoms with Gasteiger partial charge >= 0.3 is 6.61 Å². The van der Waals surface area contributed by atoms with Gasteiger partial charge in [0.2, 0.25) is 0 Å². The lowest BCUT2D eigenvalue weighted by molar-refractivity contribution is -0.135. The van der Waals surface area contributed by atoms with Crippen LogP contribution in [0.15, 0.2) is 36.5 Å². The van der Waals surface area contributed by atoms with E-state index in [4.69, 9.17) is 0 Å². The third-order valence-corrected chi connectivity index (χ3v) is 6.22. The number of benzene rings is 1. The highest BCUT2D eigenvalue weighted by Gasteiger charge is 2.46. The zero-order chi connectivity index (χ0) is 22.5. The fraction of sp³-hybridized carbons (Fsp3) is 0.409. The summed E-state index contributed by atoms with van der Waals surface area (Å²) in [7, 11) is 0. The third kappa shape index (κ3) is 3.75. The normalized spacial score (nSPS) is 19.2. The van der Waals surface area contributed by atoms with Gasteiger partial charge in [0.1, 0.15) is 5.69 Å². The van der Waals surface area contributed by atoms with Crippen LogP contribution in [-0.2, 0) is 17.8 Å². The van der Waals surface area contributed by atoms with Gasteiger partial charge in [-0.15, -0.1) is 0 Å². The predicted octanol–water partition coefficient (Wildman–Crippen LogP) is 2.91. The third-order valence-electron chi connectivity index (χ3n) is 6.22. The van der Waals surface area contributed by atoms with E-state index in [2.05, 4.69) is 20.1 Å². The Balaban J connectivity index is 1.35. The van der Waals surface area contributed by atoms with Crippen LogP contribution >= 0.6 is 0 Å². The van der Waals surface area contributed by atoms with Crippen molar-refractivity contribution in [3.63, 3.8) is 0 Å². The molecule has 3 aromatic rings. The second-order valence-corrected chi connectivity index (χ2v) is 8.55. The summed E-state index contributed by atoms with van der Waals surface area (Å²) in [5, 5.41) is 8.08. The molecule has 5 rings (SSSR count). The minimum absolute atomic E-state index is 0.119. The van der Waals surface area contributed by atoms with Crippen LogP contribution in [0.4, 0.5) is 8.78 Å². The van der Waals surface area contributed by atoms with Gasteiger partial charge in [-0.25, -0.2) is 0 Å². The highest BCUT2D eigenvalue weighted by molar-refractivity contribution is 5.99. The van der Waals surface area contributed by atoms with Gasteiger partial charge in [0.25, 0.3) is 11.8 Å². The molecule has 0 bridgehead atoms. The molecule has 10 heteroatoms. The summed E-state index contributed by atoms with van der Waals surface area (Å²) in [5.41, 5.74) is 1.57. The molecular formula is C22H23F2N5O3. The Bertz CT molecular complexity index is 1150. The maximum Gasteiger partial charge on any atom is 0.345 e. The van der Waals surface area contributed by atoms with Crippen molar-refractivity contribution < 1.29 is 23.1 Å². The van der Waals surface area contributed by atoms with Gasteiger partial charge in [-0.1, -0.05) is 18.2 Å². The van der Waals surface area contributed by atoms with E-state index in [1.807, 2.05) is 37.3 Å². The van der Waals surface area contributed by atoms with Gasteiger partial charge in [0.05, 0.1) is 42.7 Å². The van der Waals surface area contributed by atoms with E-state index in [9.17, 15) is 18.4 Å². The first kappa shape index (κ1) is 20.6. The number of carbonyl (C=O) groups excluding carboxylic acids is 2. The molecule has 3 heterocycles. The summed E-state index contributed by atoms with van der Waals surface area (Å²) in [5.74, 6) is -0.550. The number of hydrogen-bond acceptors (Lipinski definition) is 4. The fourth-order valence-corrected chi connectivity index (χ4v) is 4.19. The summed E-state index contributed by atoms with van der Waals surface area (Å²) < 4.78 is 30.9. The molecule has 1 aliphatic carbocycles. The minimum atomic E-state index is -2.88. The number of aromatic nitrogens is 3. The van der Waals surface area contributed by atoms with Crippen molar-refractivity contribution in [3.05, 3.63) is 53.5 Å². The largest absolute Gasteiger partial charge is 0.351 e. The smallest absolute Gasteiger partial charge is 0.345 e. The highest BCUT2D eigenvalue weighted by Crippen LogP contribution is 2.36. The molecular weight excluding hydrogens is 420 g/mol. The number of halogens is 2. The van der Waals surface area contributed by atoms with Crippen LogP contribution in [0, 0.1) is 0 Å². The van der Waals surface area contributed by atoms with Gasteiger partial charge in [0, 0.05) is 16.9 Å². The van der Waals surface area contributed by atoms with Crippen molar-refractivity contribution in [2.75, 3.05) is 6.61 Å².